The second-order valence-corrected chi connectivity index (χ2v) is 6.28. The van der Waals surface area contributed by atoms with Crippen LogP contribution in [0.25, 0.3) is 16.7 Å². The first-order valence-corrected chi connectivity index (χ1v) is 8.29. The zero-order chi connectivity index (χ0) is 18.3. The number of halogens is 1. The molecular formula is C20H17FN4O. The van der Waals surface area contributed by atoms with Gasteiger partial charge >= 0.3 is 0 Å². The van der Waals surface area contributed by atoms with E-state index in [2.05, 4.69) is 10.1 Å². The summed E-state index contributed by atoms with van der Waals surface area (Å²) in [7, 11) is 0. The van der Waals surface area contributed by atoms with Crippen molar-refractivity contribution < 1.29 is 4.39 Å². The highest BCUT2D eigenvalue weighted by atomic mass is 19.1. The zero-order valence-corrected chi connectivity index (χ0v) is 14.5. The second kappa shape index (κ2) is 6.22. The van der Waals surface area contributed by atoms with Crippen molar-refractivity contribution >= 4 is 11.0 Å². The van der Waals surface area contributed by atoms with E-state index in [1.807, 2.05) is 26.0 Å². The van der Waals surface area contributed by atoms with E-state index in [1.54, 1.807) is 39.8 Å². The SMILES string of the molecule is Cc1cc(=O)n(Cc2ccncc2)c2c1c(C)nn2-c1cccc(F)c1. The predicted molar refractivity (Wildman–Crippen MR) is 98.1 cm³/mol. The van der Waals surface area contributed by atoms with Crippen molar-refractivity contribution in [2.75, 3.05) is 0 Å². The molecule has 0 spiro atoms. The van der Waals surface area contributed by atoms with Gasteiger partial charge in [0.15, 0.2) is 0 Å². The van der Waals surface area contributed by atoms with Crippen molar-refractivity contribution in [3.05, 3.63) is 87.9 Å². The van der Waals surface area contributed by atoms with E-state index in [0.717, 1.165) is 22.2 Å². The summed E-state index contributed by atoms with van der Waals surface area (Å²) in [5.74, 6) is -0.348. The van der Waals surface area contributed by atoms with Crippen molar-refractivity contribution in [2.45, 2.75) is 20.4 Å². The Labute approximate surface area is 149 Å². The summed E-state index contributed by atoms with van der Waals surface area (Å²) in [5, 5.41) is 5.49. The fourth-order valence-corrected chi connectivity index (χ4v) is 3.28. The van der Waals surface area contributed by atoms with E-state index in [0.29, 0.717) is 17.9 Å². The molecule has 0 aliphatic rings. The van der Waals surface area contributed by atoms with E-state index in [1.165, 1.54) is 12.1 Å². The monoisotopic (exact) mass is 348 g/mol. The molecule has 0 saturated heterocycles. The van der Waals surface area contributed by atoms with E-state index < -0.39 is 0 Å². The number of fused-ring (bicyclic) bond motifs is 1. The Kier molecular flexibility index (Phi) is 3.88. The van der Waals surface area contributed by atoms with E-state index >= 15 is 0 Å². The van der Waals surface area contributed by atoms with Crippen LogP contribution in [0.1, 0.15) is 16.8 Å². The van der Waals surface area contributed by atoms with Gasteiger partial charge in [0, 0.05) is 23.8 Å². The van der Waals surface area contributed by atoms with Crippen LogP contribution in [0.5, 0.6) is 0 Å². The Balaban J connectivity index is 2.03. The summed E-state index contributed by atoms with van der Waals surface area (Å²) < 4.78 is 17.1. The van der Waals surface area contributed by atoms with Gasteiger partial charge in [-0.3, -0.25) is 14.3 Å². The molecule has 4 aromatic rings. The molecule has 0 atom stereocenters. The molecule has 0 aliphatic heterocycles. The highest BCUT2D eigenvalue weighted by Crippen LogP contribution is 2.24. The van der Waals surface area contributed by atoms with Crippen molar-refractivity contribution in [3.8, 4) is 5.69 Å². The maximum atomic E-state index is 13.7. The third kappa shape index (κ3) is 2.69. The molecule has 5 nitrogen and oxygen atoms in total. The zero-order valence-electron chi connectivity index (χ0n) is 14.5. The fourth-order valence-electron chi connectivity index (χ4n) is 3.28. The summed E-state index contributed by atoms with van der Waals surface area (Å²) in [4.78, 5) is 16.8. The van der Waals surface area contributed by atoms with Crippen LogP contribution in [0.15, 0.2) is 59.7 Å². The van der Waals surface area contributed by atoms with E-state index in [-0.39, 0.29) is 11.4 Å². The number of aryl methyl sites for hydroxylation is 2. The maximum absolute atomic E-state index is 13.7. The van der Waals surface area contributed by atoms with Gasteiger partial charge in [0.05, 0.1) is 17.9 Å². The van der Waals surface area contributed by atoms with E-state index in [4.69, 9.17) is 0 Å². The Hall–Kier alpha value is -3.28. The van der Waals surface area contributed by atoms with Gasteiger partial charge in [0.1, 0.15) is 11.5 Å². The molecule has 0 bridgehead atoms. The van der Waals surface area contributed by atoms with Crippen molar-refractivity contribution in [1.29, 1.82) is 0 Å². The van der Waals surface area contributed by atoms with Gasteiger partial charge in [-0.15, -0.1) is 0 Å². The van der Waals surface area contributed by atoms with Gasteiger partial charge in [-0.05, 0) is 55.3 Å². The lowest BCUT2D eigenvalue weighted by atomic mass is 10.1. The van der Waals surface area contributed by atoms with Gasteiger partial charge in [0.25, 0.3) is 5.56 Å². The van der Waals surface area contributed by atoms with Gasteiger partial charge in [-0.25, -0.2) is 9.07 Å². The number of benzene rings is 1. The predicted octanol–water partition coefficient (Wildman–Crippen LogP) is 3.39. The number of hydrogen-bond donors (Lipinski definition) is 0. The Morgan fingerprint density at radius 1 is 1.08 bits per heavy atom. The minimum atomic E-state index is -0.348. The molecule has 4 rings (SSSR count). The van der Waals surface area contributed by atoms with Crippen LogP contribution >= 0.6 is 0 Å². The molecule has 0 aliphatic carbocycles. The van der Waals surface area contributed by atoms with Crippen LogP contribution in [0.3, 0.4) is 0 Å². The minimum absolute atomic E-state index is 0.121. The molecule has 0 amide bonds. The highest BCUT2D eigenvalue weighted by molar-refractivity contribution is 5.83. The summed E-state index contributed by atoms with van der Waals surface area (Å²) in [6.07, 6.45) is 3.39. The molecule has 0 N–H and O–H groups in total. The van der Waals surface area contributed by atoms with Crippen LogP contribution in [0.2, 0.25) is 0 Å². The van der Waals surface area contributed by atoms with Crippen LogP contribution < -0.4 is 5.56 Å². The standard InChI is InChI=1S/C20H17FN4O/c1-13-10-18(26)24(12-15-6-8-22-9-7-15)20-19(13)14(2)23-25(20)17-5-3-4-16(21)11-17/h3-11H,12H2,1-2H3. The first-order chi connectivity index (χ1) is 12.5. The summed E-state index contributed by atoms with van der Waals surface area (Å²) in [6.45, 7) is 4.18. The first kappa shape index (κ1) is 16.2. The molecule has 3 aromatic heterocycles. The molecular weight excluding hydrogens is 331 g/mol. The molecule has 3 heterocycles. The normalized spacial score (nSPS) is 11.2. The number of pyridine rings is 2. The lowest BCUT2D eigenvalue weighted by Gasteiger charge is -2.12. The molecule has 0 saturated carbocycles. The smallest absolute Gasteiger partial charge is 0.252 e. The van der Waals surface area contributed by atoms with Gasteiger partial charge in [-0.2, -0.15) is 5.10 Å². The van der Waals surface area contributed by atoms with Gasteiger partial charge in [0.2, 0.25) is 0 Å². The Morgan fingerprint density at radius 3 is 2.58 bits per heavy atom. The minimum Gasteiger partial charge on any atom is -0.288 e. The summed E-state index contributed by atoms with van der Waals surface area (Å²) >= 11 is 0. The second-order valence-electron chi connectivity index (χ2n) is 6.28. The van der Waals surface area contributed by atoms with Crippen molar-refractivity contribution in [3.63, 3.8) is 0 Å². The number of rotatable bonds is 3. The topological polar surface area (TPSA) is 52.7 Å². The molecule has 0 fully saturated rings. The van der Waals surface area contributed by atoms with Crippen molar-refractivity contribution in [2.24, 2.45) is 0 Å². The average molecular weight is 348 g/mol. The quantitative estimate of drug-likeness (QED) is 0.570. The van der Waals surface area contributed by atoms with Gasteiger partial charge < -0.3 is 0 Å². The van der Waals surface area contributed by atoms with Gasteiger partial charge in [-0.1, -0.05) is 6.07 Å². The highest BCUT2D eigenvalue weighted by Gasteiger charge is 2.17. The summed E-state index contributed by atoms with van der Waals surface area (Å²) in [5.41, 5.74) is 3.73. The first-order valence-electron chi connectivity index (χ1n) is 8.29. The number of nitrogens with zero attached hydrogens (tertiary/aromatic N) is 4. The largest absolute Gasteiger partial charge is 0.288 e. The molecule has 130 valence electrons. The third-order valence-corrected chi connectivity index (χ3v) is 4.43. The maximum Gasteiger partial charge on any atom is 0.252 e. The van der Waals surface area contributed by atoms with Crippen molar-refractivity contribution in [1.82, 2.24) is 19.3 Å². The Morgan fingerprint density at radius 2 is 1.85 bits per heavy atom. The third-order valence-electron chi connectivity index (χ3n) is 4.43. The van der Waals surface area contributed by atoms with Crippen LogP contribution in [-0.2, 0) is 6.54 Å². The fraction of sp³-hybridized carbons (Fsp3) is 0.150. The van der Waals surface area contributed by atoms with E-state index in [9.17, 15) is 9.18 Å². The molecule has 0 radical (unpaired) electrons. The number of aromatic nitrogens is 4. The molecule has 26 heavy (non-hydrogen) atoms. The number of hydrogen-bond acceptors (Lipinski definition) is 3. The molecule has 6 heteroatoms. The summed E-state index contributed by atoms with van der Waals surface area (Å²) in [6, 6.07) is 11.6. The average Bonchev–Trinajstić information content (AvgIpc) is 2.97. The molecule has 0 unspecified atom stereocenters. The van der Waals surface area contributed by atoms with Crippen LogP contribution in [0.4, 0.5) is 4.39 Å². The lowest BCUT2D eigenvalue weighted by Crippen LogP contribution is -2.22. The van der Waals surface area contributed by atoms with Crippen LogP contribution in [-0.4, -0.2) is 19.3 Å². The van der Waals surface area contributed by atoms with Crippen LogP contribution in [0, 0.1) is 19.7 Å². The molecule has 1 aromatic carbocycles. The Bertz CT molecular complexity index is 1160. The lowest BCUT2D eigenvalue weighted by molar-refractivity contribution is 0.625.